The predicted molar refractivity (Wildman–Crippen MR) is 76.3 cm³/mol. The molecular formula is C13H18N2O5S. The lowest BCUT2D eigenvalue weighted by Gasteiger charge is -2.12. The summed E-state index contributed by atoms with van der Waals surface area (Å²) in [5.41, 5.74) is 0.180. The van der Waals surface area contributed by atoms with Crippen LogP contribution < -0.4 is 0 Å². The maximum absolute atomic E-state index is 11.9. The number of hydrogen-bond donors (Lipinski definition) is 0. The first-order valence-corrected chi connectivity index (χ1v) is 7.50. The number of amides is 1. The van der Waals surface area contributed by atoms with E-state index in [0.717, 1.165) is 4.31 Å². The van der Waals surface area contributed by atoms with Crippen molar-refractivity contribution in [3.8, 4) is 0 Å². The van der Waals surface area contributed by atoms with E-state index in [1.165, 1.54) is 43.3 Å². The summed E-state index contributed by atoms with van der Waals surface area (Å²) in [5, 5.41) is 0. The van der Waals surface area contributed by atoms with Gasteiger partial charge in [-0.05, 0) is 24.3 Å². The van der Waals surface area contributed by atoms with Crippen LogP contribution >= 0.6 is 0 Å². The molecule has 0 aliphatic rings. The molecule has 0 unspecified atom stereocenters. The number of rotatable bonds is 5. The largest absolute Gasteiger partial charge is 0.452 e. The zero-order valence-corrected chi connectivity index (χ0v) is 13.2. The zero-order valence-electron chi connectivity index (χ0n) is 12.4. The van der Waals surface area contributed by atoms with Gasteiger partial charge < -0.3 is 9.64 Å². The molecule has 0 aromatic heterocycles. The van der Waals surface area contributed by atoms with Crippen molar-refractivity contribution in [2.75, 3.05) is 34.8 Å². The molecule has 0 bridgehead atoms. The second-order valence-electron chi connectivity index (χ2n) is 4.68. The standard InChI is InChI=1S/C13H18N2O5S/c1-14(2)12(16)9-20-13(17)10-5-7-11(8-6-10)21(18,19)15(3)4/h5-8H,9H2,1-4H3. The first kappa shape index (κ1) is 17.1. The van der Waals surface area contributed by atoms with Gasteiger partial charge in [0.1, 0.15) is 0 Å². The van der Waals surface area contributed by atoms with E-state index < -0.39 is 16.0 Å². The number of carbonyl (C=O) groups is 2. The van der Waals surface area contributed by atoms with Crippen molar-refractivity contribution in [3.05, 3.63) is 29.8 Å². The van der Waals surface area contributed by atoms with Gasteiger partial charge in [0, 0.05) is 28.2 Å². The summed E-state index contributed by atoms with van der Waals surface area (Å²) in [5.74, 6) is -1.02. The van der Waals surface area contributed by atoms with E-state index in [1.54, 1.807) is 14.1 Å². The monoisotopic (exact) mass is 314 g/mol. The van der Waals surface area contributed by atoms with Crippen LogP contribution in [0.1, 0.15) is 10.4 Å². The summed E-state index contributed by atoms with van der Waals surface area (Å²) >= 11 is 0. The summed E-state index contributed by atoms with van der Waals surface area (Å²) in [4.78, 5) is 24.4. The Morgan fingerprint density at radius 3 is 2.00 bits per heavy atom. The SMILES string of the molecule is CN(C)C(=O)COC(=O)c1ccc(S(=O)(=O)N(C)C)cc1. The van der Waals surface area contributed by atoms with E-state index in [-0.39, 0.29) is 23.0 Å². The Morgan fingerprint density at radius 1 is 1.05 bits per heavy atom. The summed E-state index contributed by atoms with van der Waals surface area (Å²) in [6.45, 7) is -0.358. The molecule has 7 nitrogen and oxygen atoms in total. The van der Waals surface area contributed by atoms with Gasteiger partial charge in [-0.3, -0.25) is 4.79 Å². The molecule has 0 atom stereocenters. The second-order valence-corrected chi connectivity index (χ2v) is 6.83. The van der Waals surface area contributed by atoms with E-state index >= 15 is 0 Å². The average Bonchev–Trinajstić information content (AvgIpc) is 2.44. The van der Waals surface area contributed by atoms with Crippen LogP contribution in [-0.4, -0.2) is 64.3 Å². The molecule has 1 aromatic rings. The van der Waals surface area contributed by atoms with Crippen LogP contribution in [0.2, 0.25) is 0 Å². The van der Waals surface area contributed by atoms with Crippen molar-refractivity contribution in [1.82, 2.24) is 9.21 Å². The van der Waals surface area contributed by atoms with Crippen molar-refractivity contribution in [3.63, 3.8) is 0 Å². The van der Waals surface area contributed by atoms with Gasteiger partial charge in [-0.25, -0.2) is 17.5 Å². The minimum atomic E-state index is -3.54. The van der Waals surface area contributed by atoms with E-state index in [4.69, 9.17) is 4.74 Å². The first-order valence-electron chi connectivity index (χ1n) is 6.06. The summed E-state index contributed by atoms with van der Waals surface area (Å²) < 4.78 is 29.6. The van der Waals surface area contributed by atoms with Crippen LogP contribution in [0.15, 0.2) is 29.2 Å². The predicted octanol–water partition coefficient (Wildman–Crippen LogP) is 0.182. The molecule has 21 heavy (non-hydrogen) atoms. The topological polar surface area (TPSA) is 84.0 Å². The fourth-order valence-corrected chi connectivity index (χ4v) is 2.22. The lowest BCUT2D eigenvalue weighted by molar-refractivity contribution is -0.131. The lowest BCUT2D eigenvalue weighted by Crippen LogP contribution is -2.27. The molecule has 0 saturated heterocycles. The van der Waals surface area contributed by atoms with Gasteiger partial charge in [0.25, 0.3) is 5.91 Å². The highest BCUT2D eigenvalue weighted by Crippen LogP contribution is 2.14. The zero-order chi connectivity index (χ0) is 16.2. The van der Waals surface area contributed by atoms with E-state index in [2.05, 4.69) is 0 Å². The number of ether oxygens (including phenoxy) is 1. The lowest BCUT2D eigenvalue weighted by atomic mass is 10.2. The second kappa shape index (κ2) is 6.68. The minimum Gasteiger partial charge on any atom is -0.452 e. The van der Waals surface area contributed by atoms with Gasteiger partial charge in [0.05, 0.1) is 10.5 Å². The molecule has 0 spiro atoms. The molecule has 0 aliphatic carbocycles. The Bertz CT molecular complexity index is 620. The van der Waals surface area contributed by atoms with Crippen molar-refractivity contribution in [2.24, 2.45) is 0 Å². The van der Waals surface area contributed by atoms with Crippen LogP contribution in [-0.2, 0) is 19.6 Å². The maximum Gasteiger partial charge on any atom is 0.338 e. The van der Waals surface area contributed by atoms with Gasteiger partial charge in [-0.1, -0.05) is 0 Å². The number of esters is 1. The van der Waals surface area contributed by atoms with Gasteiger partial charge in [-0.2, -0.15) is 0 Å². The number of benzene rings is 1. The molecule has 0 radical (unpaired) electrons. The van der Waals surface area contributed by atoms with Crippen molar-refractivity contribution in [1.29, 1.82) is 0 Å². The van der Waals surface area contributed by atoms with Gasteiger partial charge >= 0.3 is 5.97 Å². The summed E-state index contributed by atoms with van der Waals surface area (Å²) in [6, 6.07) is 5.33. The van der Waals surface area contributed by atoms with E-state index in [9.17, 15) is 18.0 Å². The third kappa shape index (κ3) is 4.27. The van der Waals surface area contributed by atoms with Crippen LogP contribution in [0.4, 0.5) is 0 Å². The van der Waals surface area contributed by atoms with Gasteiger partial charge in [0.15, 0.2) is 6.61 Å². The molecule has 0 fully saturated rings. The Hall–Kier alpha value is -1.93. The van der Waals surface area contributed by atoms with Crippen LogP contribution in [0.5, 0.6) is 0 Å². The number of carbonyl (C=O) groups excluding carboxylic acids is 2. The smallest absolute Gasteiger partial charge is 0.338 e. The fraction of sp³-hybridized carbons (Fsp3) is 0.385. The van der Waals surface area contributed by atoms with Crippen LogP contribution in [0.25, 0.3) is 0 Å². The molecule has 1 rings (SSSR count). The highest BCUT2D eigenvalue weighted by atomic mass is 32.2. The molecular weight excluding hydrogens is 296 g/mol. The normalized spacial score (nSPS) is 11.3. The number of nitrogens with zero attached hydrogens (tertiary/aromatic N) is 2. The fourth-order valence-electron chi connectivity index (χ4n) is 1.31. The highest BCUT2D eigenvalue weighted by molar-refractivity contribution is 7.89. The molecule has 1 aromatic carbocycles. The number of hydrogen-bond acceptors (Lipinski definition) is 5. The summed E-state index contributed by atoms with van der Waals surface area (Å²) in [7, 11) is 2.41. The van der Waals surface area contributed by atoms with Crippen molar-refractivity contribution < 1.29 is 22.7 Å². The van der Waals surface area contributed by atoms with Crippen LogP contribution in [0, 0.1) is 0 Å². The third-order valence-corrected chi connectivity index (χ3v) is 4.52. The van der Waals surface area contributed by atoms with Gasteiger partial charge in [-0.15, -0.1) is 0 Å². The molecule has 0 N–H and O–H groups in total. The van der Waals surface area contributed by atoms with Crippen LogP contribution in [0.3, 0.4) is 0 Å². The molecule has 1 amide bonds. The van der Waals surface area contributed by atoms with Crippen molar-refractivity contribution in [2.45, 2.75) is 4.90 Å². The van der Waals surface area contributed by atoms with E-state index in [1.807, 2.05) is 0 Å². The van der Waals surface area contributed by atoms with Gasteiger partial charge in [0.2, 0.25) is 10.0 Å². The number of likely N-dealkylation sites (N-methyl/N-ethyl adjacent to an activating group) is 1. The maximum atomic E-state index is 11.9. The quantitative estimate of drug-likeness (QED) is 0.724. The molecule has 0 aliphatic heterocycles. The average molecular weight is 314 g/mol. The number of sulfonamides is 1. The first-order chi connectivity index (χ1) is 9.66. The molecule has 0 heterocycles. The highest BCUT2D eigenvalue weighted by Gasteiger charge is 2.18. The minimum absolute atomic E-state index is 0.0772. The Morgan fingerprint density at radius 2 is 1.57 bits per heavy atom. The van der Waals surface area contributed by atoms with Crippen molar-refractivity contribution >= 4 is 21.9 Å². The Balaban J connectivity index is 2.79. The molecule has 116 valence electrons. The Kier molecular flexibility index (Phi) is 5.45. The molecule has 0 saturated carbocycles. The Labute approximate surface area is 124 Å². The molecule has 8 heteroatoms. The third-order valence-electron chi connectivity index (χ3n) is 2.69. The van der Waals surface area contributed by atoms with E-state index in [0.29, 0.717) is 0 Å². The summed E-state index contributed by atoms with van der Waals surface area (Å²) in [6.07, 6.45) is 0.